The first-order valence-corrected chi connectivity index (χ1v) is 11.1. The number of rotatable bonds is 8. The SMILES string of the molecule is COc1ccccc1N1CCN(C(=O)CCN(Cc2ccco2)C(=O)c2ccoc2C)CC1. The van der Waals surface area contributed by atoms with Gasteiger partial charge >= 0.3 is 0 Å². The summed E-state index contributed by atoms with van der Waals surface area (Å²) in [6.07, 6.45) is 3.32. The molecule has 0 unspecified atom stereocenters. The zero-order valence-corrected chi connectivity index (χ0v) is 19.0. The van der Waals surface area contributed by atoms with Crippen molar-refractivity contribution in [1.82, 2.24) is 9.80 Å². The second-order valence-corrected chi connectivity index (χ2v) is 7.99. The number of piperazine rings is 1. The third-order valence-corrected chi connectivity index (χ3v) is 5.96. The normalized spacial score (nSPS) is 13.8. The lowest BCUT2D eigenvalue weighted by atomic mass is 10.2. The van der Waals surface area contributed by atoms with Crippen LogP contribution in [0.1, 0.15) is 28.3 Å². The van der Waals surface area contributed by atoms with Crippen LogP contribution in [0.25, 0.3) is 0 Å². The highest BCUT2D eigenvalue weighted by molar-refractivity contribution is 5.95. The van der Waals surface area contributed by atoms with Gasteiger partial charge in [0.2, 0.25) is 5.91 Å². The number of amides is 2. The van der Waals surface area contributed by atoms with Gasteiger partial charge in [-0.3, -0.25) is 9.59 Å². The third-order valence-electron chi connectivity index (χ3n) is 5.96. The van der Waals surface area contributed by atoms with Crippen molar-refractivity contribution in [2.75, 3.05) is 44.7 Å². The quantitative estimate of drug-likeness (QED) is 0.521. The second kappa shape index (κ2) is 10.3. The highest BCUT2D eigenvalue weighted by Crippen LogP contribution is 2.28. The molecular weight excluding hydrogens is 422 g/mol. The van der Waals surface area contributed by atoms with Crippen molar-refractivity contribution in [1.29, 1.82) is 0 Å². The summed E-state index contributed by atoms with van der Waals surface area (Å²) < 4.78 is 16.2. The van der Waals surface area contributed by atoms with Crippen molar-refractivity contribution < 1.29 is 23.2 Å². The number of carbonyl (C=O) groups excluding carboxylic acids is 2. The van der Waals surface area contributed by atoms with Crippen molar-refractivity contribution >= 4 is 17.5 Å². The molecule has 1 aliphatic heterocycles. The third kappa shape index (κ3) is 5.22. The molecule has 174 valence electrons. The van der Waals surface area contributed by atoms with E-state index in [0.717, 1.165) is 24.5 Å². The van der Waals surface area contributed by atoms with Gasteiger partial charge < -0.3 is 28.3 Å². The molecule has 0 saturated carbocycles. The van der Waals surface area contributed by atoms with E-state index in [-0.39, 0.29) is 18.2 Å². The predicted octanol–water partition coefficient (Wildman–Crippen LogP) is 3.57. The Hall–Kier alpha value is -3.68. The average Bonchev–Trinajstić information content (AvgIpc) is 3.52. The van der Waals surface area contributed by atoms with Crippen molar-refractivity contribution in [2.45, 2.75) is 19.9 Å². The second-order valence-electron chi connectivity index (χ2n) is 7.99. The maximum atomic E-state index is 13.1. The predicted molar refractivity (Wildman–Crippen MR) is 123 cm³/mol. The number of benzene rings is 1. The molecule has 1 aromatic carbocycles. The van der Waals surface area contributed by atoms with E-state index in [1.165, 1.54) is 6.26 Å². The van der Waals surface area contributed by atoms with Crippen LogP contribution < -0.4 is 9.64 Å². The van der Waals surface area contributed by atoms with Gasteiger partial charge in [0.25, 0.3) is 5.91 Å². The van der Waals surface area contributed by atoms with Crippen molar-refractivity contribution in [3.63, 3.8) is 0 Å². The number of aryl methyl sites for hydroxylation is 1. The highest BCUT2D eigenvalue weighted by Gasteiger charge is 2.25. The molecular formula is C25H29N3O5. The molecule has 0 N–H and O–H groups in total. The van der Waals surface area contributed by atoms with E-state index < -0.39 is 0 Å². The van der Waals surface area contributed by atoms with Crippen LogP contribution in [0, 0.1) is 6.92 Å². The number of para-hydroxylation sites is 2. The average molecular weight is 452 g/mol. The van der Waals surface area contributed by atoms with Gasteiger partial charge in [-0.1, -0.05) is 12.1 Å². The van der Waals surface area contributed by atoms with Crippen molar-refractivity contribution in [3.8, 4) is 5.75 Å². The van der Waals surface area contributed by atoms with E-state index in [9.17, 15) is 9.59 Å². The Morgan fingerprint density at radius 2 is 1.79 bits per heavy atom. The Morgan fingerprint density at radius 3 is 2.45 bits per heavy atom. The molecule has 1 saturated heterocycles. The maximum absolute atomic E-state index is 13.1. The first kappa shape index (κ1) is 22.5. The van der Waals surface area contributed by atoms with Crippen LogP contribution >= 0.6 is 0 Å². The molecule has 0 bridgehead atoms. The van der Waals surface area contributed by atoms with Gasteiger partial charge in [0.15, 0.2) is 0 Å². The lowest BCUT2D eigenvalue weighted by molar-refractivity contribution is -0.131. The molecule has 2 amide bonds. The van der Waals surface area contributed by atoms with Gasteiger partial charge in [0, 0.05) is 39.1 Å². The number of carbonyl (C=O) groups is 2. The van der Waals surface area contributed by atoms with Crippen LogP contribution in [0.3, 0.4) is 0 Å². The monoisotopic (exact) mass is 451 g/mol. The molecule has 33 heavy (non-hydrogen) atoms. The summed E-state index contributed by atoms with van der Waals surface area (Å²) in [5.41, 5.74) is 1.54. The summed E-state index contributed by atoms with van der Waals surface area (Å²) in [5, 5.41) is 0. The van der Waals surface area contributed by atoms with Crippen molar-refractivity contribution in [3.05, 3.63) is 72.1 Å². The minimum Gasteiger partial charge on any atom is -0.495 e. The summed E-state index contributed by atoms with van der Waals surface area (Å²) in [5.74, 6) is 1.92. The van der Waals surface area contributed by atoms with E-state index in [0.29, 0.717) is 43.3 Å². The number of furan rings is 2. The zero-order valence-electron chi connectivity index (χ0n) is 19.0. The lowest BCUT2D eigenvalue weighted by Crippen LogP contribution is -2.49. The number of hydrogen-bond donors (Lipinski definition) is 0. The first-order valence-electron chi connectivity index (χ1n) is 11.1. The summed E-state index contributed by atoms with van der Waals surface area (Å²) in [6.45, 7) is 5.07. The standard InChI is InChI=1S/C25H29N3O5/c1-19-21(10-17-32-19)25(30)28(18-20-6-5-16-33-20)11-9-24(29)27-14-12-26(13-15-27)22-7-3-4-8-23(22)31-2/h3-8,10,16-17H,9,11-15,18H2,1-2H3. The first-order chi connectivity index (χ1) is 16.1. The van der Waals surface area contributed by atoms with Crippen LogP contribution in [0.5, 0.6) is 5.75 Å². The number of anilines is 1. The molecule has 4 rings (SSSR count). The minimum absolute atomic E-state index is 0.0378. The fourth-order valence-electron chi connectivity index (χ4n) is 4.10. The summed E-state index contributed by atoms with van der Waals surface area (Å²) in [7, 11) is 1.67. The number of hydrogen-bond acceptors (Lipinski definition) is 6. The van der Waals surface area contributed by atoms with Gasteiger partial charge in [-0.05, 0) is 37.3 Å². The molecule has 2 aromatic heterocycles. The minimum atomic E-state index is -0.175. The Labute approximate surface area is 193 Å². The molecule has 3 aromatic rings. The van der Waals surface area contributed by atoms with Gasteiger partial charge in [-0.15, -0.1) is 0 Å². The molecule has 0 spiro atoms. The zero-order chi connectivity index (χ0) is 23.2. The number of methoxy groups -OCH3 is 1. The van der Waals surface area contributed by atoms with E-state index in [1.807, 2.05) is 35.2 Å². The van der Waals surface area contributed by atoms with Crippen LogP contribution in [0.15, 0.2) is 63.8 Å². The van der Waals surface area contributed by atoms with Gasteiger partial charge in [-0.2, -0.15) is 0 Å². The molecule has 1 fully saturated rings. The lowest BCUT2D eigenvalue weighted by Gasteiger charge is -2.37. The molecule has 0 atom stereocenters. The largest absolute Gasteiger partial charge is 0.495 e. The van der Waals surface area contributed by atoms with Gasteiger partial charge in [-0.25, -0.2) is 0 Å². The van der Waals surface area contributed by atoms with Crippen molar-refractivity contribution in [2.24, 2.45) is 0 Å². The maximum Gasteiger partial charge on any atom is 0.257 e. The highest BCUT2D eigenvalue weighted by atomic mass is 16.5. The van der Waals surface area contributed by atoms with Crippen LogP contribution in [0.2, 0.25) is 0 Å². The molecule has 1 aliphatic rings. The molecule has 0 radical (unpaired) electrons. The number of nitrogens with zero attached hydrogens (tertiary/aromatic N) is 3. The fraction of sp³-hybridized carbons (Fsp3) is 0.360. The van der Waals surface area contributed by atoms with Gasteiger partial charge in [0.05, 0.1) is 37.4 Å². The molecule has 0 aliphatic carbocycles. The summed E-state index contributed by atoms with van der Waals surface area (Å²) in [4.78, 5) is 31.8. The van der Waals surface area contributed by atoms with Crippen LogP contribution in [-0.2, 0) is 11.3 Å². The van der Waals surface area contributed by atoms with E-state index >= 15 is 0 Å². The van der Waals surface area contributed by atoms with E-state index in [1.54, 1.807) is 37.3 Å². The fourth-order valence-corrected chi connectivity index (χ4v) is 4.10. The smallest absolute Gasteiger partial charge is 0.257 e. The van der Waals surface area contributed by atoms with E-state index in [2.05, 4.69) is 4.90 Å². The van der Waals surface area contributed by atoms with Crippen LogP contribution in [0.4, 0.5) is 5.69 Å². The summed E-state index contributed by atoms with van der Waals surface area (Å²) in [6, 6.07) is 13.2. The summed E-state index contributed by atoms with van der Waals surface area (Å²) >= 11 is 0. The Kier molecular flexibility index (Phi) is 7.02. The molecule has 3 heterocycles. The Bertz CT molecular complexity index is 1070. The van der Waals surface area contributed by atoms with E-state index in [4.69, 9.17) is 13.6 Å². The molecule has 8 nitrogen and oxygen atoms in total. The Morgan fingerprint density at radius 1 is 1.00 bits per heavy atom. The van der Waals surface area contributed by atoms with Crippen LogP contribution in [-0.4, -0.2) is 61.4 Å². The number of ether oxygens (including phenoxy) is 1. The topological polar surface area (TPSA) is 79.4 Å². The molecule has 8 heteroatoms. The van der Waals surface area contributed by atoms with Gasteiger partial charge in [0.1, 0.15) is 17.3 Å². The Balaban J connectivity index is 1.35.